The Kier molecular flexibility index (Phi) is 8.40. The summed E-state index contributed by atoms with van der Waals surface area (Å²) in [5, 5.41) is 2.70. The van der Waals surface area contributed by atoms with E-state index in [1.54, 1.807) is 18.2 Å². The molecule has 1 fully saturated rings. The van der Waals surface area contributed by atoms with Gasteiger partial charge in [0.15, 0.2) is 0 Å². The molecule has 27 heavy (non-hydrogen) atoms. The second kappa shape index (κ2) is 10.5. The molecule has 152 valence electrons. The molecule has 1 amide bonds. The van der Waals surface area contributed by atoms with Gasteiger partial charge in [-0.15, -0.1) is 0 Å². The quantitative estimate of drug-likeness (QED) is 0.708. The molecule has 1 aliphatic rings. The van der Waals surface area contributed by atoms with E-state index in [0.29, 0.717) is 6.61 Å². The number of anilines is 1. The highest BCUT2D eigenvalue weighted by atomic mass is 19.3. The topological polar surface area (TPSA) is 54.0 Å². The molecule has 6 nitrogen and oxygen atoms in total. The van der Waals surface area contributed by atoms with Crippen LogP contribution in [0.2, 0.25) is 0 Å². The lowest BCUT2D eigenvalue weighted by molar-refractivity contribution is -0.121. The van der Waals surface area contributed by atoms with Crippen LogP contribution in [0.4, 0.5) is 14.5 Å². The second-order valence-corrected chi connectivity index (χ2v) is 6.84. The normalized spacial score (nSPS) is 17.3. The molecule has 0 aromatic heterocycles. The van der Waals surface area contributed by atoms with Crippen molar-refractivity contribution < 1.29 is 23.0 Å². The van der Waals surface area contributed by atoms with Crippen LogP contribution in [0.1, 0.15) is 20.8 Å². The largest absolute Gasteiger partial charge is 0.433 e. The zero-order valence-electron chi connectivity index (χ0n) is 16.2. The number of carbonyl (C=O) groups is 1. The van der Waals surface area contributed by atoms with Crippen molar-refractivity contribution in [2.45, 2.75) is 39.5 Å². The number of hydrogen-bond acceptors (Lipinski definition) is 5. The summed E-state index contributed by atoms with van der Waals surface area (Å²) in [4.78, 5) is 17.0. The van der Waals surface area contributed by atoms with Crippen LogP contribution in [-0.4, -0.2) is 73.8 Å². The van der Waals surface area contributed by atoms with E-state index in [2.05, 4.69) is 19.9 Å². The van der Waals surface area contributed by atoms with Gasteiger partial charge in [0.25, 0.3) is 0 Å². The Morgan fingerprint density at radius 3 is 2.44 bits per heavy atom. The first-order valence-corrected chi connectivity index (χ1v) is 9.29. The third-order valence-electron chi connectivity index (χ3n) is 4.55. The van der Waals surface area contributed by atoms with Gasteiger partial charge in [-0.25, -0.2) is 0 Å². The molecule has 1 aromatic rings. The van der Waals surface area contributed by atoms with E-state index >= 15 is 0 Å². The van der Waals surface area contributed by atoms with E-state index in [4.69, 9.17) is 4.74 Å². The minimum atomic E-state index is -2.94. The van der Waals surface area contributed by atoms with Crippen molar-refractivity contribution in [1.29, 1.82) is 0 Å². The van der Waals surface area contributed by atoms with Crippen LogP contribution in [0.15, 0.2) is 24.3 Å². The van der Waals surface area contributed by atoms with Crippen molar-refractivity contribution in [3.8, 4) is 5.75 Å². The fourth-order valence-corrected chi connectivity index (χ4v) is 2.96. The minimum Gasteiger partial charge on any atom is -0.433 e. The molecule has 1 N–H and O–H groups in total. The maximum absolute atomic E-state index is 12.5. The molecule has 1 saturated heterocycles. The van der Waals surface area contributed by atoms with Gasteiger partial charge >= 0.3 is 6.61 Å². The van der Waals surface area contributed by atoms with E-state index in [0.717, 1.165) is 32.7 Å². The maximum Gasteiger partial charge on any atom is 0.387 e. The van der Waals surface area contributed by atoms with Crippen molar-refractivity contribution in [3.63, 3.8) is 0 Å². The van der Waals surface area contributed by atoms with E-state index in [1.165, 1.54) is 6.07 Å². The minimum absolute atomic E-state index is 0.0389. The Bertz CT molecular complexity index is 593. The highest BCUT2D eigenvalue weighted by molar-refractivity contribution is 5.95. The zero-order chi connectivity index (χ0) is 19.8. The van der Waals surface area contributed by atoms with Gasteiger partial charge in [0.1, 0.15) is 5.75 Å². The predicted octanol–water partition coefficient (Wildman–Crippen LogP) is 2.66. The second-order valence-electron chi connectivity index (χ2n) is 6.84. The third-order valence-corrected chi connectivity index (χ3v) is 4.55. The molecule has 1 aromatic carbocycles. The average molecular weight is 385 g/mol. The van der Waals surface area contributed by atoms with Crippen LogP contribution >= 0.6 is 0 Å². The van der Waals surface area contributed by atoms with Crippen molar-refractivity contribution in [1.82, 2.24) is 9.80 Å². The Morgan fingerprint density at radius 2 is 1.81 bits per heavy atom. The molecule has 0 radical (unpaired) electrons. The van der Waals surface area contributed by atoms with Gasteiger partial charge in [-0.1, -0.05) is 12.1 Å². The first-order chi connectivity index (χ1) is 12.9. The monoisotopic (exact) mass is 385 g/mol. The molecular formula is C19H29F2N3O3. The lowest BCUT2D eigenvalue weighted by Crippen LogP contribution is -2.53. The van der Waals surface area contributed by atoms with Gasteiger partial charge in [0, 0.05) is 32.7 Å². The number of para-hydroxylation sites is 2. The first kappa shape index (κ1) is 21.5. The van der Waals surface area contributed by atoms with E-state index in [-0.39, 0.29) is 29.5 Å². The van der Waals surface area contributed by atoms with Gasteiger partial charge in [0.05, 0.1) is 24.4 Å². The summed E-state index contributed by atoms with van der Waals surface area (Å²) >= 11 is 0. The number of nitrogens with zero attached hydrogens (tertiary/aromatic N) is 2. The maximum atomic E-state index is 12.5. The Balaban J connectivity index is 1.83. The lowest BCUT2D eigenvalue weighted by Gasteiger charge is -2.37. The number of carbonyl (C=O) groups excluding carboxylic acids is 1. The summed E-state index contributed by atoms with van der Waals surface area (Å²) in [7, 11) is 0. The van der Waals surface area contributed by atoms with E-state index in [1.807, 2.05) is 20.8 Å². The zero-order valence-corrected chi connectivity index (χ0v) is 16.2. The molecule has 0 bridgehead atoms. The lowest BCUT2D eigenvalue weighted by atomic mass is 10.2. The van der Waals surface area contributed by atoms with Gasteiger partial charge in [0.2, 0.25) is 5.91 Å². The Morgan fingerprint density at radius 1 is 1.15 bits per heavy atom. The van der Waals surface area contributed by atoms with Crippen LogP contribution in [0.25, 0.3) is 0 Å². The molecule has 0 aliphatic carbocycles. The van der Waals surface area contributed by atoms with Crippen molar-refractivity contribution in [2.24, 2.45) is 0 Å². The van der Waals surface area contributed by atoms with Crippen molar-refractivity contribution >= 4 is 11.6 Å². The van der Waals surface area contributed by atoms with E-state index in [9.17, 15) is 13.6 Å². The smallest absolute Gasteiger partial charge is 0.387 e. The molecule has 0 spiro atoms. The summed E-state index contributed by atoms with van der Waals surface area (Å²) in [6.07, 6.45) is 0.229. The summed E-state index contributed by atoms with van der Waals surface area (Å²) in [6, 6.07) is 5.84. The van der Waals surface area contributed by atoms with E-state index < -0.39 is 6.61 Å². The van der Waals surface area contributed by atoms with Gasteiger partial charge < -0.3 is 14.8 Å². The molecular weight excluding hydrogens is 356 g/mol. The molecule has 1 aliphatic heterocycles. The highest BCUT2D eigenvalue weighted by Crippen LogP contribution is 2.25. The van der Waals surface area contributed by atoms with Crippen LogP contribution in [0.3, 0.4) is 0 Å². The van der Waals surface area contributed by atoms with Gasteiger partial charge in [-0.05, 0) is 32.9 Å². The number of amides is 1. The molecule has 2 rings (SSSR count). The SMILES string of the molecule is CC(C)OCCN1CCN([C@@H](C)C(=O)Nc2ccccc2OC(F)F)CC1. The number of alkyl halides is 2. The number of nitrogens with one attached hydrogen (secondary N) is 1. The number of piperazine rings is 1. The number of ether oxygens (including phenoxy) is 2. The van der Waals surface area contributed by atoms with Crippen LogP contribution < -0.4 is 10.1 Å². The molecule has 1 atom stereocenters. The standard InChI is InChI=1S/C19H29F2N3O3/c1-14(2)26-13-12-23-8-10-24(11-9-23)15(3)18(25)22-16-6-4-5-7-17(16)27-19(20)21/h4-7,14-15,19H,8-13H2,1-3H3,(H,22,25)/t15-/m0/s1. The number of halogens is 2. The average Bonchev–Trinajstić information content (AvgIpc) is 2.62. The summed E-state index contributed by atoms with van der Waals surface area (Å²) < 4.78 is 35.0. The van der Waals surface area contributed by atoms with Gasteiger partial charge in [-0.3, -0.25) is 14.6 Å². The number of rotatable bonds is 9. The predicted molar refractivity (Wildman–Crippen MR) is 100 cm³/mol. The number of benzene rings is 1. The molecule has 8 heteroatoms. The summed E-state index contributed by atoms with van der Waals surface area (Å²) in [5.41, 5.74) is 0.249. The van der Waals surface area contributed by atoms with Gasteiger partial charge in [-0.2, -0.15) is 8.78 Å². The Hall–Kier alpha value is -1.77. The van der Waals surface area contributed by atoms with Crippen LogP contribution in [-0.2, 0) is 9.53 Å². The molecule has 0 saturated carbocycles. The third kappa shape index (κ3) is 7.04. The fourth-order valence-electron chi connectivity index (χ4n) is 2.96. The summed E-state index contributed by atoms with van der Waals surface area (Å²) in [6.45, 7) is 7.77. The molecule has 0 unspecified atom stereocenters. The van der Waals surface area contributed by atoms with Crippen molar-refractivity contribution in [2.75, 3.05) is 44.6 Å². The van der Waals surface area contributed by atoms with Crippen molar-refractivity contribution in [3.05, 3.63) is 24.3 Å². The first-order valence-electron chi connectivity index (χ1n) is 9.29. The number of hydrogen-bond donors (Lipinski definition) is 1. The summed E-state index contributed by atoms with van der Waals surface area (Å²) in [5.74, 6) is -0.278. The van der Waals surface area contributed by atoms with Crippen LogP contribution in [0.5, 0.6) is 5.75 Å². The fraction of sp³-hybridized carbons (Fsp3) is 0.632. The molecule has 1 heterocycles. The highest BCUT2D eigenvalue weighted by Gasteiger charge is 2.26. The van der Waals surface area contributed by atoms with Crippen LogP contribution in [0, 0.1) is 0 Å². The Labute approximate surface area is 159 Å².